The van der Waals surface area contributed by atoms with Gasteiger partial charge in [0.1, 0.15) is 5.75 Å². The highest BCUT2D eigenvalue weighted by molar-refractivity contribution is 6.07. The molecule has 0 fully saturated rings. The fourth-order valence-corrected chi connectivity index (χ4v) is 3.08. The number of carbonyl (C=O) groups is 2. The molecule has 0 radical (unpaired) electrons. The maximum Gasteiger partial charge on any atom is 0.251 e. The number of H-pyrrole nitrogens is 1. The van der Waals surface area contributed by atoms with Crippen molar-refractivity contribution in [2.24, 2.45) is 0 Å². The number of nitrogens with zero attached hydrogens (tertiary/aromatic N) is 2. The summed E-state index contributed by atoms with van der Waals surface area (Å²) in [5.41, 5.74) is 3.09. The molecule has 0 aliphatic rings. The molecular weight excluding hydrogens is 368 g/mol. The fraction of sp³-hybridized carbons (Fsp3) is 0.227. The zero-order valence-corrected chi connectivity index (χ0v) is 16.7. The summed E-state index contributed by atoms with van der Waals surface area (Å²) in [7, 11) is 1.58. The largest absolute Gasteiger partial charge is 0.497 e. The van der Waals surface area contributed by atoms with Gasteiger partial charge in [-0.05, 0) is 30.7 Å². The van der Waals surface area contributed by atoms with Crippen molar-refractivity contribution >= 4 is 34.0 Å². The molecule has 1 aromatic heterocycles. The van der Waals surface area contributed by atoms with Gasteiger partial charge in [0, 0.05) is 43.2 Å². The van der Waals surface area contributed by atoms with Gasteiger partial charge < -0.3 is 15.0 Å². The summed E-state index contributed by atoms with van der Waals surface area (Å²) in [5, 5.41) is 11.0. The number of para-hydroxylation sites is 1. The van der Waals surface area contributed by atoms with Crippen molar-refractivity contribution in [2.45, 2.75) is 13.8 Å². The first-order valence-corrected chi connectivity index (χ1v) is 9.31. The monoisotopic (exact) mass is 392 g/mol. The molecule has 150 valence electrons. The van der Waals surface area contributed by atoms with Crippen molar-refractivity contribution in [1.82, 2.24) is 15.5 Å². The van der Waals surface area contributed by atoms with Crippen LogP contribution in [0.1, 0.15) is 19.5 Å². The Kier molecular flexibility index (Phi) is 6.29. The van der Waals surface area contributed by atoms with Crippen LogP contribution in [0.2, 0.25) is 0 Å². The number of hydrogen-bond donors (Lipinski definition) is 2. The van der Waals surface area contributed by atoms with E-state index in [4.69, 9.17) is 4.74 Å². The molecule has 0 unspecified atom stereocenters. The summed E-state index contributed by atoms with van der Waals surface area (Å²) in [4.78, 5) is 26.0. The number of anilines is 1. The molecule has 3 rings (SSSR count). The zero-order valence-electron chi connectivity index (χ0n) is 16.7. The molecule has 7 nitrogen and oxygen atoms in total. The molecule has 1 heterocycles. The fourth-order valence-electron chi connectivity index (χ4n) is 3.08. The first-order chi connectivity index (χ1) is 14.0. The van der Waals surface area contributed by atoms with Gasteiger partial charge in [-0.2, -0.15) is 5.10 Å². The van der Waals surface area contributed by atoms with Crippen molar-refractivity contribution in [2.75, 3.05) is 25.1 Å². The van der Waals surface area contributed by atoms with Gasteiger partial charge in [0.2, 0.25) is 5.91 Å². The highest BCUT2D eigenvalue weighted by Gasteiger charge is 2.16. The van der Waals surface area contributed by atoms with E-state index >= 15 is 0 Å². The number of aromatic nitrogens is 2. The number of rotatable bonds is 7. The minimum atomic E-state index is -0.201. The van der Waals surface area contributed by atoms with Crippen LogP contribution in [-0.2, 0) is 9.59 Å². The molecule has 0 saturated carbocycles. The quantitative estimate of drug-likeness (QED) is 0.605. The van der Waals surface area contributed by atoms with Gasteiger partial charge in [0.15, 0.2) is 0 Å². The predicted molar refractivity (Wildman–Crippen MR) is 114 cm³/mol. The lowest BCUT2D eigenvalue weighted by Gasteiger charge is -2.22. The lowest BCUT2D eigenvalue weighted by Crippen LogP contribution is -2.37. The first kappa shape index (κ1) is 20.1. The summed E-state index contributed by atoms with van der Waals surface area (Å²) < 4.78 is 5.28. The second kappa shape index (κ2) is 9.05. The van der Waals surface area contributed by atoms with Crippen LogP contribution in [0.15, 0.2) is 54.6 Å². The van der Waals surface area contributed by atoms with Gasteiger partial charge in [0.05, 0.1) is 18.3 Å². The molecule has 2 amide bonds. The van der Waals surface area contributed by atoms with E-state index in [0.717, 1.165) is 22.2 Å². The molecule has 0 aliphatic carbocycles. The van der Waals surface area contributed by atoms with E-state index in [1.807, 2.05) is 49.4 Å². The van der Waals surface area contributed by atoms with Crippen LogP contribution in [0.5, 0.6) is 5.75 Å². The number of nitrogens with one attached hydrogen (secondary N) is 2. The molecule has 3 aromatic rings. The number of ether oxygens (including phenoxy) is 1. The summed E-state index contributed by atoms with van der Waals surface area (Å²) in [5.74, 6) is 0.310. The maximum atomic E-state index is 13.1. The minimum absolute atomic E-state index is 0.141. The molecule has 0 atom stereocenters. The Hall–Kier alpha value is -3.61. The van der Waals surface area contributed by atoms with Crippen LogP contribution in [0.3, 0.4) is 0 Å². The van der Waals surface area contributed by atoms with Gasteiger partial charge in [-0.1, -0.05) is 24.3 Å². The van der Waals surface area contributed by atoms with Crippen LogP contribution >= 0.6 is 0 Å². The number of carbonyl (C=O) groups excluding carboxylic acids is 2. The highest BCUT2D eigenvalue weighted by atomic mass is 16.5. The number of aromatic amines is 1. The average Bonchev–Trinajstić information content (AvgIpc) is 3.15. The molecule has 2 N–H and O–H groups in total. The Labute approximate surface area is 169 Å². The molecule has 0 aliphatic heterocycles. The van der Waals surface area contributed by atoms with Crippen molar-refractivity contribution in [3.05, 3.63) is 60.3 Å². The van der Waals surface area contributed by atoms with Gasteiger partial charge in [0.25, 0.3) is 5.91 Å². The van der Waals surface area contributed by atoms with E-state index in [1.54, 1.807) is 24.2 Å². The molecule has 0 saturated heterocycles. The topological polar surface area (TPSA) is 87.3 Å². The third-order valence-corrected chi connectivity index (χ3v) is 4.52. The lowest BCUT2D eigenvalue weighted by molar-refractivity contribution is -0.119. The van der Waals surface area contributed by atoms with E-state index in [-0.39, 0.29) is 11.8 Å². The number of fused-ring (bicyclic) bond motifs is 1. The van der Waals surface area contributed by atoms with Crippen LogP contribution in [-0.4, -0.2) is 42.2 Å². The highest BCUT2D eigenvalue weighted by Crippen LogP contribution is 2.24. The average molecular weight is 392 g/mol. The molecule has 29 heavy (non-hydrogen) atoms. The van der Waals surface area contributed by atoms with Gasteiger partial charge in [-0.15, -0.1) is 0 Å². The van der Waals surface area contributed by atoms with E-state index in [0.29, 0.717) is 24.5 Å². The molecule has 2 aromatic carbocycles. The van der Waals surface area contributed by atoms with E-state index < -0.39 is 0 Å². The van der Waals surface area contributed by atoms with Crippen LogP contribution in [0.25, 0.3) is 16.5 Å². The minimum Gasteiger partial charge on any atom is -0.497 e. The van der Waals surface area contributed by atoms with Gasteiger partial charge in [-0.3, -0.25) is 14.7 Å². The third kappa shape index (κ3) is 4.82. The third-order valence-electron chi connectivity index (χ3n) is 4.52. The number of methoxy groups -OCH3 is 1. The van der Waals surface area contributed by atoms with E-state index in [1.165, 1.54) is 6.92 Å². The Morgan fingerprint density at radius 1 is 1.17 bits per heavy atom. The van der Waals surface area contributed by atoms with E-state index in [2.05, 4.69) is 15.5 Å². The zero-order chi connectivity index (χ0) is 20.8. The SMILES string of the molecule is COc1cccc(N(CCNC(C)=O)C(=O)/C=C(\C)c2n[nH]c3ccccc23)c1. The smallest absolute Gasteiger partial charge is 0.251 e. The Morgan fingerprint density at radius 3 is 2.72 bits per heavy atom. The summed E-state index contributed by atoms with van der Waals surface area (Å²) in [6, 6.07) is 15.0. The Balaban J connectivity index is 1.90. The first-order valence-electron chi connectivity index (χ1n) is 9.31. The maximum absolute atomic E-state index is 13.1. The van der Waals surface area contributed by atoms with Crippen LogP contribution in [0, 0.1) is 0 Å². The number of amides is 2. The molecule has 0 spiro atoms. The normalized spacial score (nSPS) is 11.3. The second-order valence-corrected chi connectivity index (χ2v) is 6.62. The van der Waals surface area contributed by atoms with Crippen molar-refractivity contribution in [3.8, 4) is 5.75 Å². The summed E-state index contributed by atoms with van der Waals surface area (Å²) >= 11 is 0. The summed E-state index contributed by atoms with van der Waals surface area (Å²) in [6.07, 6.45) is 1.57. The molecule has 0 bridgehead atoms. The number of benzene rings is 2. The van der Waals surface area contributed by atoms with Gasteiger partial charge in [-0.25, -0.2) is 0 Å². The van der Waals surface area contributed by atoms with Crippen LogP contribution in [0.4, 0.5) is 5.69 Å². The van der Waals surface area contributed by atoms with Crippen molar-refractivity contribution in [1.29, 1.82) is 0 Å². The lowest BCUT2D eigenvalue weighted by atomic mass is 10.1. The Morgan fingerprint density at radius 2 is 1.97 bits per heavy atom. The van der Waals surface area contributed by atoms with Crippen LogP contribution < -0.4 is 15.0 Å². The second-order valence-electron chi connectivity index (χ2n) is 6.62. The van der Waals surface area contributed by atoms with Gasteiger partial charge >= 0.3 is 0 Å². The van der Waals surface area contributed by atoms with Crippen molar-refractivity contribution in [3.63, 3.8) is 0 Å². The molecule has 7 heteroatoms. The Bertz CT molecular complexity index is 1050. The predicted octanol–water partition coefficient (Wildman–Crippen LogP) is 3.14. The van der Waals surface area contributed by atoms with Crippen molar-refractivity contribution < 1.29 is 14.3 Å². The number of hydrogen-bond acceptors (Lipinski definition) is 4. The standard InChI is InChI=1S/C22H24N4O3/c1-15(22-19-9-4-5-10-20(19)24-25-22)13-21(28)26(12-11-23-16(2)27)17-7-6-8-18(14-17)29-3/h4-10,13-14H,11-12H2,1-3H3,(H,23,27)(H,24,25)/b15-13+. The number of allylic oxidation sites excluding steroid dienone is 1. The summed E-state index contributed by atoms with van der Waals surface area (Å²) in [6.45, 7) is 3.98. The molecular formula is C22H24N4O3. The van der Waals surface area contributed by atoms with E-state index in [9.17, 15) is 9.59 Å².